The van der Waals surface area contributed by atoms with E-state index >= 15 is 0 Å². The summed E-state index contributed by atoms with van der Waals surface area (Å²) in [6.45, 7) is 0.719. The molecule has 0 aliphatic carbocycles. The van der Waals surface area contributed by atoms with Gasteiger partial charge < -0.3 is 10.1 Å². The van der Waals surface area contributed by atoms with E-state index in [2.05, 4.69) is 10.3 Å². The molecule has 9 heteroatoms. The van der Waals surface area contributed by atoms with Crippen LogP contribution in [-0.4, -0.2) is 41.5 Å². The number of benzene rings is 2. The largest absolute Gasteiger partial charge is 0.383 e. The van der Waals surface area contributed by atoms with Crippen molar-refractivity contribution in [1.29, 1.82) is 0 Å². The van der Waals surface area contributed by atoms with E-state index in [1.165, 1.54) is 13.2 Å². The number of ether oxygens (including phenoxy) is 1. The number of halogens is 2. The fourth-order valence-electron chi connectivity index (χ4n) is 2.56. The lowest BCUT2D eigenvalue weighted by atomic mass is 10.2. The molecule has 3 rings (SSSR count). The number of rotatable bonds is 7. The molecule has 0 saturated heterocycles. The van der Waals surface area contributed by atoms with Gasteiger partial charge in [0.2, 0.25) is 5.91 Å². The fourth-order valence-corrected chi connectivity index (χ4v) is 3.39. The highest BCUT2D eigenvalue weighted by atomic mass is 32.2. The van der Waals surface area contributed by atoms with E-state index in [4.69, 9.17) is 4.74 Å². The highest BCUT2D eigenvalue weighted by Gasteiger charge is 2.17. The van der Waals surface area contributed by atoms with Gasteiger partial charge >= 0.3 is 0 Å². The number of nitrogens with zero attached hydrogens (tertiary/aromatic N) is 2. The monoisotopic (exact) mass is 405 g/mol. The van der Waals surface area contributed by atoms with Gasteiger partial charge in [-0.15, -0.1) is 0 Å². The number of aromatic nitrogens is 2. The molecule has 0 bridgehead atoms. The first-order valence-electron chi connectivity index (χ1n) is 8.37. The van der Waals surface area contributed by atoms with Crippen LogP contribution in [-0.2, 0) is 9.53 Å². The van der Waals surface area contributed by atoms with Crippen LogP contribution in [0.2, 0.25) is 0 Å². The Bertz CT molecular complexity index is 1070. The first-order valence-corrected chi connectivity index (χ1v) is 9.35. The van der Waals surface area contributed by atoms with Gasteiger partial charge in [-0.05, 0) is 24.3 Å². The SMILES string of the molecule is COCCNC(=O)CSc1nc2ccccc2c(=O)n1-c1ccc(F)cc1F. The van der Waals surface area contributed by atoms with Crippen molar-refractivity contribution in [2.45, 2.75) is 5.16 Å². The van der Waals surface area contributed by atoms with Gasteiger partial charge in [-0.3, -0.25) is 14.2 Å². The summed E-state index contributed by atoms with van der Waals surface area (Å²) in [7, 11) is 1.52. The molecule has 0 aliphatic heterocycles. The van der Waals surface area contributed by atoms with Gasteiger partial charge in [-0.25, -0.2) is 13.8 Å². The molecule has 1 heterocycles. The van der Waals surface area contributed by atoms with Crippen LogP contribution in [0.4, 0.5) is 8.78 Å². The van der Waals surface area contributed by atoms with E-state index in [1.807, 2.05) is 0 Å². The van der Waals surface area contributed by atoms with Crippen LogP contribution in [0.5, 0.6) is 0 Å². The standard InChI is InChI=1S/C19H17F2N3O3S/c1-27-9-8-22-17(25)11-28-19-23-15-5-3-2-4-13(15)18(26)24(19)16-7-6-12(20)10-14(16)21/h2-7,10H,8-9,11H2,1H3,(H,22,25). The lowest BCUT2D eigenvalue weighted by molar-refractivity contribution is -0.118. The topological polar surface area (TPSA) is 73.2 Å². The van der Waals surface area contributed by atoms with Crippen LogP contribution < -0.4 is 10.9 Å². The third-order valence-corrected chi connectivity index (χ3v) is 4.79. The molecule has 0 radical (unpaired) electrons. The Labute approximate surface area is 163 Å². The summed E-state index contributed by atoms with van der Waals surface area (Å²) in [6.07, 6.45) is 0. The smallest absolute Gasteiger partial charge is 0.266 e. The molecule has 1 aromatic heterocycles. The molecule has 28 heavy (non-hydrogen) atoms. The molecule has 1 amide bonds. The second-order valence-corrected chi connectivity index (χ2v) is 6.72. The Kier molecular flexibility index (Phi) is 6.37. The lowest BCUT2D eigenvalue weighted by Gasteiger charge is -2.14. The van der Waals surface area contributed by atoms with Crippen LogP contribution in [0.1, 0.15) is 0 Å². The molecule has 0 atom stereocenters. The molecule has 1 N–H and O–H groups in total. The lowest BCUT2D eigenvalue weighted by Crippen LogP contribution is -2.29. The van der Waals surface area contributed by atoms with Gasteiger partial charge in [0.15, 0.2) is 5.16 Å². The third kappa shape index (κ3) is 4.37. The highest BCUT2D eigenvalue weighted by Crippen LogP contribution is 2.23. The number of carbonyl (C=O) groups is 1. The number of methoxy groups -OCH3 is 1. The number of para-hydroxylation sites is 1. The molecule has 2 aromatic carbocycles. The molecule has 3 aromatic rings. The summed E-state index contributed by atoms with van der Waals surface area (Å²) >= 11 is 0.989. The first kappa shape index (κ1) is 20.0. The summed E-state index contributed by atoms with van der Waals surface area (Å²) in [5.74, 6) is -1.96. The van der Waals surface area contributed by atoms with Crippen LogP contribution in [0, 0.1) is 11.6 Å². The normalized spacial score (nSPS) is 11.0. The molecule has 0 unspecified atom stereocenters. The minimum absolute atomic E-state index is 0.0304. The number of hydrogen-bond donors (Lipinski definition) is 1. The van der Waals surface area contributed by atoms with Gasteiger partial charge in [-0.1, -0.05) is 23.9 Å². The summed E-state index contributed by atoms with van der Waals surface area (Å²) in [5, 5.41) is 3.09. The Morgan fingerprint density at radius 2 is 2.04 bits per heavy atom. The third-order valence-electron chi connectivity index (χ3n) is 3.86. The maximum absolute atomic E-state index is 14.4. The van der Waals surface area contributed by atoms with E-state index in [9.17, 15) is 18.4 Å². The Hall–Kier alpha value is -2.78. The van der Waals surface area contributed by atoms with E-state index < -0.39 is 17.2 Å². The van der Waals surface area contributed by atoms with Crippen molar-refractivity contribution in [1.82, 2.24) is 14.9 Å². The van der Waals surface area contributed by atoms with Crippen molar-refractivity contribution in [3.8, 4) is 5.69 Å². The minimum Gasteiger partial charge on any atom is -0.383 e. The molecule has 0 fully saturated rings. The van der Waals surface area contributed by atoms with E-state index in [0.717, 1.165) is 22.4 Å². The van der Waals surface area contributed by atoms with Crippen molar-refractivity contribution in [2.24, 2.45) is 0 Å². The zero-order valence-electron chi connectivity index (χ0n) is 14.9. The zero-order valence-corrected chi connectivity index (χ0v) is 15.8. The number of amides is 1. The minimum atomic E-state index is -0.898. The predicted molar refractivity (Wildman–Crippen MR) is 103 cm³/mol. The summed E-state index contributed by atoms with van der Waals surface area (Å²) in [5.41, 5.74) is -0.209. The maximum atomic E-state index is 14.4. The van der Waals surface area contributed by atoms with E-state index in [-0.39, 0.29) is 22.5 Å². The number of nitrogens with one attached hydrogen (secondary N) is 1. The summed E-state index contributed by atoms with van der Waals surface area (Å²) in [4.78, 5) is 29.4. The maximum Gasteiger partial charge on any atom is 0.266 e. The molecule has 6 nitrogen and oxygen atoms in total. The second-order valence-electron chi connectivity index (χ2n) is 5.78. The molecule has 0 saturated carbocycles. The number of carbonyl (C=O) groups excluding carboxylic acids is 1. The number of thioether (sulfide) groups is 1. The van der Waals surface area contributed by atoms with Crippen LogP contribution in [0.15, 0.2) is 52.4 Å². The number of hydrogen-bond acceptors (Lipinski definition) is 5. The predicted octanol–water partition coefficient (Wildman–Crippen LogP) is 2.52. The molecular weight excluding hydrogens is 388 g/mol. The molecule has 146 valence electrons. The molecule has 0 aliphatic rings. The summed E-state index contributed by atoms with van der Waals surface area (Å²) in [6, 6.07) is 9.57. The second kappa shape index (κ2) is 8.94. The Balaban J connectivity index is 2.02. The van der Waals surface area contributed by atoms with Gasteiger partial charge in [0.1, 0.15) is 11.6 Å². The quantitative estimate of drug-likeness (QED) is 0.372. The van der Waals surface area contributed by atoms with Gasteiger partial charge in [0.25, 0.3) is 5.56 Å². The Morgan fingerprint density at radius 1 is 1.25 bits per heavy atom. The molecular formula is C19H17F2N3O3S. The van der Waals surface area contributed by atoms with Crippen molar-refractivity contribution in [3.63, 3.8) is 0 Å². The van der Waals surface area contributed by atoms with Gasteiger partial charge in [0.05, 0.1) is 29.0 Å². The number of fused-ring (bicyclic) bond motifs is 1. The van der Waals surface area contributed by atoms with E-state index in [0.29, 0.717) is 30.1 Å². The van der Waals surface area contributed by atoms with Crippen molar-refractivity contribution in [2.75, 3.05) is 26.0 Å². The first-order chi connectivity index (χ1) is 13.5. The average molecular weight is 405 g/mol. The Morgan fingerprint density at radius 3 is 2.79 bits per heavy atom. The van der Waals surface area contributed by atoms with Crippen molar-refractivity contribution in [3.05, 3.63) is 64.5 Å². The summed E-state index contributed by atoms with van der Waals surface area (Å²) < 4.78 is 33.6. The molecule has 0 spiro atoms. The van der Waals surface area contributed by atoms with Gasteiger partial charge in [0, 0.05) is 19.7 Å². The highest BCUT2D eigenvalue weighted by molar-refractivity contribution is 7.99. The zero-order chi connectivity index (χ0) is 20.1. The van der Waals surface area contributed by atoms with Crippen LogP contribution in [0.3, 0.4) is 0 Å². The fraction of sp³-hybridized carbons (Fsp3) is 0.211. The van der Waals surface area contributed by atoms with E-state index in [1.54, 1.807) is 24.3 Å². The van der Waals surface area contributed by atoms with Crippen LogP contribution >= 0.6 is 11.8 Å². The van der Waals surface area contributed by atoms with Crippen molar-refractivity contribution >= 4 is 28.6 Å². The van der Waals surface area contributed by atoms with Crippen LogP contribution in [0.25, 0.3) is 16.6 Å². The van der Waals surface area contributed by atoms with Gasteiger partial charge in [-0.2, -0.15) is 0 Å². The van der Waals surface area contributed by atoms with Crippen molar-refractivity contribution < 1.29 is 18.3 Å². The average Bonchev–Trinajstić information content (AvgIpc) is 2.68.